The van der Waals surface area contributed by atoms with Crippen LogP contribution in [0, 0.1) is 13.8 Å². The number of benzene rings is 1. The van der Waals surface area contributed by atoms with Crippen molar-refractivity contribution in [2.45, 2.75) is 25.5 Å². The molecule has 0 saturated carbocycles. The van der Waals surface area contributed by atoms with Gasteiger partial charge in [-0.15, -0.1) is 0 Å². The monoisotopic (exact) mass is 431 g/mol. The predicted molar refractivity (Wildman–Crippen MR) is 118 cm³/mol. The van der Waals surface area contributed by atoms with Crippen LogP contribution >= 0.6 is 11.8 Å². The first kappa shape index (κ1) is 22.2. The number of amides is 1. The third-order valence-corrected chi connectivity index (χ3v) is 5.97. The zero-order valence-corrected chi connectivity index (χ0v) is 18.8. The topological polar surface area (TPSA) is 93.8 Å². The van der Waals surface area contributed by atoms with Crippen molar-refractivity contribution in [2.75, 3.05) is 51.9 Å². The molecule has 0 bridgehead atoms. The van der Waals surface area contributed by atoms with E-state index in [1.54, 1.807) is 20.3 Å². The van der Waals surface area contributed by atoms with Crippen molar-refractivity contribution in [1.82, 2.24) is 19.8 Å². The molecule has 2 aromatic rings. The maximum Gasteiger partial charge on any atom is 0.233 e. The third-order valence-electron chi connectivity index (χ3n) is 5.14. The van der Waals surface area contributed by atoms with Crippen LogP contribution in [0.1, 0.15) is 16.8 Å². The summed E-state index contributed by atoms with van der Waals surface area (Å²) < 4.78 is 10.8. The highest BCUT2D eigenvalue weighted by atomic mass is 32.2. The van der Waals surface area contributed by atoms with Gasteiger partial charge in [0.2, 0.25) is 5.91 Å². The quantitative estimate of drug-likeness (QED) is 0.526. The van der Waals surface area contributed by atoms with Crippen molar-refractivity contribution in [3.63, 3.8) is 0 Å². The molecule has 2 heterocycles. The molecule has 1 aliphatic heterocycles. The number of hydrogen-bond acceptors (Lipinski definition) is 8. The highest BCUT2D eigenvalue weighted by molar-refractivity contribution is 7.99. The summed E-state index contributed by atoms with van der Waals surface area (Å²) >= 11 is 1.33. The molecule has 0 aliphatic carbocycles. The Balaban J connectivity index is 1.51. The molecule has 1 amide bonds. The number of nitrogens with two attached hydrogens (primary N) is 1. The van der Waals surface area contributed by atoms with Crippen molar-refractivity contribution in [3.05, 3.63) is 35.0 Å². The van der Waals surface area contributed by atoms with Crippen molar-refractivity contribution in [3.8, 4) is 11.5 Å². The van der Waals surface area contributed by atoms with Gasteiger partial charge in [-0.25, -0.2) is 9.97 Å². The smallest absolute Gasteiger partial charge is 0.233 e. The average Bonchev–Trinajstić information content (AvgIpc) is 2.73. The molecule has 0 spiro atoms. The van der Waals surface area contributed by atoms with Gasteiger partial charge in [-0.3, -0.25) is 9.69 Å². The summed E-state index contributed by atoms with van der Waals surface area (Å²) in [6.45, 7) is 7.85. The molecule has 2 N–H and O–H groups in total. The summed E-state index contributed by atoms with van der Waals surface area (Å²) in [5.74, 6) is 2.33. The van der Waals surface area contributed by atoms with Crippen LogP contribution in [0.15, 0.2) is 23.4 Å². The fourth-order valence-corrected chi connectivity index (χ4v) is 4.25. The van der Waals surface area contributed by atoms with Crippen LogP contribution in [0.2, 0.25) is 0 Å². The Hall–Kier alpha value is -2.52. The lowest BCUT2D eigenvalue weighted by Gasteiger charge is -2.35. The number of methoxy groups -OCH3 is 2. The van der Waals surface area contributed by atoms with E-state index in [9.17, 15) is 4.79 Å². The molecule has 30 heavy (non-hydrogen) atoms. The highest BCUT2D eigenvalue weighted by Gasteiger charge is 2.22. The van der Waals surface area contributed by atoms with Gasteiger partial charge in [0.1, 0.15) is 5.82 Å². The Kier molecular flexibility index (Phi) is 7.38. The van der Waals surface area contributed by atoms with Crippen molar-refractivity contribution in [1.29, 1.82) is 0 Å². The summed E-state index contributed by atoms with van der Waals surface area (Å²) in [5.41, 5.74) is 8.93. The molecular formula is C21H29N5O3S. The van der Waals surface area contributed by atoms with E-state index in [0.29, 0.717) is 29.8 Å². The number of rotatable bonds is 7. The number of ether oxygens (including phenoxy) is 2. The Morgan fingerprint density at radius 3 is 2.37 bits per heavy atom. The summed E-state index contributed by atoms with van der Waals surface area (Å²) in [7, 11) is 3.29. The van der Waals surface area contributed by atoms with Crippen LogP contribution in [0.5, 0.6) is 11.5 Å². The number of hydrogen-bond donors (Lipinski definition) is 1. The number of nitrogens with zero attached hydrogens (tertiary/aromatic N) is 4. The SMILES string of the molecule is COc1cc(C)c(CN2CCN(C(=O)CSc3nc(C)cc(N)n3)CC2)cc1OC. The number of carbonyl (C=O) groups excluding carboxylic acids is 1. The first-order valence-electron chi connectivity index (χ1n) is 9.85. The van der Waals surface area contributed by atoms with Crippen LogP contribution in [0.25, 0.3) is 0 Å². The molecule has 3 rings (SSSR count). The Morgan fingerprint density at radius 1 is 1.07 bits per heavy atom. The van der Waals surface area contributed by atoms with E-state index in [2.05, 4.69) is 21.8 Å². The van der Waals surface area contributed by atoms with Crippen LogP contribution in [-0.2, 0) is 11.3 Å². The number of aryl methyl sites for hydroxylation is 2. The number of aromatic nitrogens is 2. The standard InChI is InChI=1S/C21H29N5O3S/c1-14-9-17(28-3)18(29-4)11-16(14)12-25-5-7-26(8-6-25)20(27)13-30-21-23-15(2)10-19(22)24-21/h9-11H,5-8,12-13H2,1-4H3,(H2,22,23,24). The first-order chi connectivity index (χ1) is 14.4. The second kappa shape index (κ2) is 9.99. The van der Waals surface area contributed by atoms with E-state index in [1.807, 2.05) is 24.0 Å². The zero-order valence-electron chi connectivity index (χ0n) is 18.0. The molecule has 1 aromatic heterocycles. The Labute approximate surface area is 181 Å². The zero-order chi connectivity index (χ0) is 21.7. The fraction of sp³-hybridized carbons (Fsp3) is 0.476. The van der Waals surface area contributed by atoms with Gasteiger partial charge in [0.05, 0.1) is 20.0 Å². The van der Waals surface area contributed by atoms with Gasteiger partial charge >= 0.3 is 0 Å². The van der Waals surface area contributed by atoms with Gasteiger partial charge in [0, 0.05) is 44.5 Å². The summed E-state index contributed by atoms with van der Waals surface area (Å²) in [4.78, 5) is 25.3. The van der Waals surface area contributed by atoms with Crippen molar-refractivity contribution < 1.29 is 14.3 Å². The van der Waals surface area contributed by atoms with Gasteiger partial charge < -0.3 is 20.1 Å². The van der Waals surface area contributed by atoms with E-state index in [-0.39, 0.29) is 5.91 Å². The number of carbonyl (C=O) groups is 1. The van der Waals surface area contributed by atoms with Crippen LogP contribution < -0.4 is 15.2 Å². The van der Waals surface area contributed by atoms with E-state index in [0.717, 1.165) is 36.8 Å². The van der Waals surface area contributed by atoms with Crippen molar-refractivity contribution >= 4 is 23.5 Å². The first-order valence-corrected chi connectivity index (χ1v) is 10.8. The molecule has 162 valence electrons. The van der Waals surface area contributed by atoms with E-state index < -0.39 is 0 Å². The summed E-state index contributed by atoms with van der Waals surface area (Å²) in [5, 5.41) is 0.545. The Bertz CT molecular complexity index is 880. The predicted octanol–water partition coefficient (Wildman–Crippen LogP) is 2.13. The maximum atomic E-state index is 12.6. The minimum absolute atomic E-state index is 0.102. The molecule has 0 unspecified atom stereocenters. The molecule has 0 radical (unpaired) electrons. The number of nitrogen functional groups attached to an aromatic ring is 1. The lowest BCUT2D eigenvalue weighted by Crippen LogP contribution is -2.48. The normalized spacial score (nSPS) is 14.6. The summed E-state index contributed by atoms with van der Waals surface area (Å²) in [6.07, 6.45) is 0. The minimum Gasteiger partial charge on any atom is -0.493 e. The molecule has 1 aliphatic rings. The lowest BCUT2D eigenvalue weighted by atomic mass is 10.1. The van der Waals surface area contributed by atoms with Gasteiger partial charge in [-0.2, -0.15) is 0 Å². The Morgan fingerprint density at radius 2 is 1.73 bits per heavy atom. The van der Waals surface area contributed by atoms with Crippen LogP contribution in [0.3, 0.4) is 0 Å². The lowest BCUT2D eigenvalue weighted by molar-refractivity contribution is -0.130. The second-order valence-electron chi connectivity index (χ2n) is 7.30. The third kappa shape index (κ3) is 5.54. The summed E-state index contributed by atoms with van der Waals surface area (Å²) in [6, 6.07) is 5.76. The van der Waals surface area contributed by atoms with E-state index >= 15 is 0 Å². The molecule has 1 saturated heterocycles. The number of piperazine rings is 1. The fourth-order valence-electron chi connectivity index (χ4n) is 3.44. The number of anilines is 1. The molecule has 9 heteroatoms. The maximum absolute atomic E-state index is 12.6. The average molecular weight is 432 g/mol. The molecule has 0 atom stereocenters. The van der Waals surface area contributed by atoms with Crippen LogP contribution in [0.4, 0.5) is 5.82 Å². The minimum atomic E-state index is 0.102. The van der Waals surface area contributed by atoms with Gasteiger partial charge in [-0.1, -0.05) is 11.8 Å². The molecule has 8 nitrogen and oxygen atoms in total. The van der Waals surface area contributed by atoms with Gasteiger partial charge in [0.25, 0.3) is 0 Å². The number of thioether (sulfide) groups is 1. The second-order valence-corrected chi connectivity index (χ2v) is 8.24. The van der Waals surface area contributed by atoms with Crippen LogP contribution in [-0.4, -0.2) is 71.8 Å². The molecular weight excluding hydrogens is 402 g/mol. The van der Waals surface area contributed by atoms with Gasteiger partial charge in [0.15, 0.2) is 16.7 Å². The van der Waals surface area contributed by atoms with Gasteiger partial charge in [-0.05, 0) is 37.1 Å². The molecule has 1 aromatic carbocycles. The molecule has 1 fully saturated rings. The largest absolute Gasteiger partial charge is 0.493 e. The van der Waals surface area contributed by atoms with E-state index in [4.69, 9.17) is 15.2 Å². The van der Waals surface area contributed by atoms with Crippen molar-refractivity contribution in [2.24, 2.45) is 0 Å². The highest BCUT2D eigenvalue weighted by Crippen LogP contribution is 2.31. The van der Waals surface area contributed by atoms with E-state index in [1.165, 1.54) is 22.9 Å².